The molecule has 18 heavy (non-hydrogen) atoms. The summed E-state index contributed by atoms with van der Waals surface area (Å²) in [6.45, 7) is 14.4. The van der Waals surface area contributed by atoms with E-state index in [1.165, 1.54) is 0 Å². The minimum absolute atomic E-state index is 0.118. The normalized spacial score (nSPS) is 12.6. The molecule has 0 atom stereocenters. The molecule has 0 saturated carbocycles. The topological polar surface area (TPSA) is 35.5 Å². The van der Waals surface area contributed by atoms with Crippen LogP contribution in [-0.4, -0.2) is 39.0 Å². The summed E-state index contributed by atoms with van der Waals surface area (Å²) in [4.78, 5) is 11.1. The van der Waals surface area contributed by atoms with E-state index in [2.05, 4.69) is 33.9 Å². The lowest BCUT2D eigenvalue weighted by Crippen LogP contribution is -2.41. The van der Waals surface area contributed by atoms with Gasteiger partial charge in [0.15, 0.2) is 8.32 Å². The van der Waals surface area contributed by atoms with Gasteiger partial charge in [-0.1, -0.05) is 20.8 Å². The molecule has 0 aromatic heterocycles. The Kier molecular flexibility index (Phi) is 8.22. The Balaban J connectivity index is 3.60. The Labute approximate surface area is 117 Å². The Morgan fingerprint density at radius 2 is 1.89 bits per heavy atom. The summed E-state index contributed by atoms with van der Waals surface area (Å²) >= 11 is 1.62. The van der Waals surface area contributed by atoms with E-state index in [0.29, 0.717) is 12.4 Å². The largest absolute Gasteiger partial charge is 0.465 e. The highest BCUT2D eigenvalue weighted by atomic mass is 32.2. The third-order valence-corrected chi connectivity index (χ3v) is 8.78. The van der Waals surface area contributed by atoms with Crippen LogP contribution in [0.15, 0.2) is 0 Å². The van der Waals surface area contributed by atoms with Crippen molar-refractivity contribution in [2.75, 3.05) is 24.7 Å². The van der Waals surface area contributed by atoms with Gasteiger partial charge in [0.05, 0.1) is 12.4 Å². The SMILES string of the molecule is CCOC(=O)CSCCCO[Si](C)(C)C(C)(C)C. The maximum atomic E-state index is 11.1. The first-order chi connectivity index (χ1) is 8.20. The van der Waals surface area contributed by atoms with Gasteiger partial charge >= 0.3 is 5.97 Å². The van der Waals surface area contributed by atoms with E-state index in [4.69, 9.17) is 9.16 Å². The van der Waals surface area contributed by atoms with Crippen molar-refractivity contribution in [2.45, 2.75) is 52.2 Å². The van der Waals surface area contributed by atoms with Gasteiger partial charge in [0.25, 0.3) is 0 Å². The molecule has 0 N–H and O–H groups in total. The summed E-state index contributed by atoms with van der Waals surface area (Å²) in [5.41, 5.74) is 0. The summed E-state index contributed by atoms with van der Waals surface area (Å²) in [5, 5.41) is 0.269. The molecule has 0 aliphatic rings. The predicted octanol–water partition coefficient (Wildman–Crippen LogP) is 3.69. The zero-order chi connectivity index (χ0) is 14.2. The van der Waals surface area contributed by atoms with E-state index in [1.807, 2.05) is 6.92 Å². The highest BCUT2D eigenvalue weighted by Crippen LogP contribution is 2.36. The van der Waals surface area contributed by atoms with Crippen molar-refractivity contribution in [3.63, 3.8) is 0 Å². The highest BCUT2D eigenvalue weighted by Gasteiger charge is 2.36. The van der Waals surface area contributed by atoms with Gasteiger partial charge < -0.3 is 9.16 Å². The lowest BCUT2D eigenvalue weighted by atomic mass is 10.2. The molecule has 0 saturated heterocycles. The molecule has 0 unspecified atom stereocenters. The molecular weight excluding hydrogens is 264 g/mol. The molecular formula is C13H28O3SSi. The van der Waals surface area contributed by atoms with Crippen molar-refractivity contribution < 1.29 is 14.0 Å². The molecule has 0 fully saturated rings. The van der Waals surface area contributed by atoms with Crippen LogP contribution in [0.4, 0.5) is 0 Å². The van der Waals surface area contributed by atoms with Crippen molar-refractivity contribution in [3.05, 3.63) is 0 Å². The number of carbonyl (C=O) groups excluding carboxylic acids is 1. The molecule has 0 radical (unpaired) electrons. The van der Waals surface area contributed by atoms with Crippen LogP contribution in [0.5, 0.6) is 0 Å². The minimum Gasteiger partial charge on any atom is -0.465 e. The van der Waals surface area contributed by atoms with Gasteiger partial charge in [0.1, 0.15) is 0 Å². The van der Waals surface area contributed by atoms with Crippen LogP contribution in [0.1, 0.15) is 34.1 Å². The summed E-state index contributed by atoms with van der Waals surface area (Å²) < 4.78 is 10.9. The monoisotopic (exact) mass is 292 g/mol. The van der Waals surface area contributed by atoms with E-state index in [-0.39, 0.29) is 11.0 Å². The minimum atomic E-state index is -1.60. The standard InChI is InChI=1S/C13H28O3SSi/c1-7-15-12(14)11-17-10-8-9-16-18(5,6)13(2,3)4/h7-11H2,1-6H3. The molecule has 0 aromatic rings. The van der Waals surface area contributed by atoms with E-state index < -0.39 is 8.32 Å². The molecule has 0 heterocycles. The molecule has 0 aromatic carbocycles. The Hall–Kier alpha value is -0.00312. The fraction of sp³-hybridized carbons (Fsp3) is 0.923. The van der Waals surface area contributed by atoms with E-state index in [1.54, 1.807) is 11.8 Å². The van der Waals surface area contributed by atoms with Crippen LogP contribution >= 0.6 is 11.8 Å². The quantitative estimate of drug-likeness (QED) is 0.388. The van der Waals surface area contributed by atoms with Crippen molar-refractivity contribution in [1.82, 2.24) is 0 Å². The van der Waals surface area contributed by atoms with Crippen molar-refractivity contribution in [2.24, 2.45) is 0 Å². The van der Waals surface area contributed by atoms with Crippen LogP contribution in [-0.2, 0) is 14.0 Å². The van der Waals surface area contributed by atoms with Crippen molar-refractivity contribution >= 4 is 26.0 Å². The molecule has 0 aliphatic heterocycles. The smallest absolute Gasteiger partial charge is 0.315 e. The third-order valence-electron chi connectivity index (χ3n) is 3.23. The lowest BCUT2D eigenvalue weighted by Gasteiger charge is -2.36. The maximum Gasteiger partial charge on any atom is 0.315 e. The summed E-state index contributed by atoms with van der Waals surface area (Å²) in [5.74, 6) is 1.29. The molecule has 0 amide bonds. The van der Waals surface area contributed by atoms with E-state index in [0.717, 1.165) is 18.8 Å². The average Bonchev–Trinajstić information content (AvgIpc) is 2.21. The van der Waals surface area contributed by atoms with Crippen LogP contribution in [0.2, 0.25) is 18.1 Å². The third kappa shape index (κ3) is 7.44. The predicted molar refractivity (Wildman–Crippen MR) is 81.7 cm³/mol. The van der Waals surface area contributed by atoms with Gasteiger partial charge in [-0.15, -0.1) is 0 Å². The van der Waals surface area contributed by atoms with Gasteiger partial charge in [0.2, 0.25) is 0 Å². The molecule has 0 rings (SSSR count). The summed E-state index contributed by atoms with van der Waals surface area (Å²) in [6, 6.07) is 0. The van der Waals surface area contributed by atoms with Crippen LogP contribution in [0.25, 0.3) is 0 Å². The highest BCUT2D eigenvalue weighted by molar-refractivity contribution is 7.99. The van der Waals surface area contributed by atoms with Crippen LogP contribution < -0.4 is 0 Å². The Morgan fingerprint density at radius 3 is 2.39 bits per heavy atom. The van der Waals surface area contributed by atoms with E-state index in [9.17, 15) is 4.79 Å². The van der Waals surface area contributed by atoms with Crippen molar-refractivity contribution in [1.29, 1.82) is 0 Å². The number of esters is 1. The molecule has 0 aliphatic carbocycles. The van der Waals surface area contributed by atoms with Gasteiger partial charge in [0, 0.05) is 6.61 Å². The van der Waals surface area contributed by atoms with Crippen molar-refractivity contribution in [3.8, 4) is 0 Å². The second-order valence-electron chi connectivity index (χ2n) is 5.82. The number of rotatable bonds is 8. The first-order valence-corrected chi connectivity index (χ1v) is 10.6. The maximum absolute atomic E-state index is 11.1. The van der Waals surface area contributed by atoms with Gasteiger partial charge in [-0.2, -0.15) is 11.8 Å². The molecule has 0 spiro atoms. The molecule has 3 nitrogen and oxygen atoms in total. The summed E-state index contributed by atoms with van der Waals surface area (Å²) in [6.07, 6.45) is 0.997. The Bertz CT molecular complexity index is 249. The zero-order valence-electron chi connectivity index (χ0n) is 12.7. The molecule has 0 bridgehead atoms. The second kappa shape index (κ2) is 8.22. The first kappa shape index (κ1) is 18.0. The Morgan fingerprint density at radius 1 is 1.28 bits per heavy atom. The van der Waals surface area contributed by atoms with Gasteiger partial charge in [-0.3, -0.25) is 4.79 Å². The zero-order valence-corrected chi connectivity index (χ0v) is 14.5. The number of hydrogen-bond donors (Lipinski definition) is 0. The van der Waals surface area contributed by atoms with Gasteiger partial charge in [-0.05, 0) is 37.2 Å². The molecule has 108 valence electrons. The lowest BCUT2D eigenvalue weighted by molar-refractivity contribution is -0.139. The molecule has 5 heteroatoms. The van der Waals surface area contributed by atoms with Crippen LogP contribution in [0, 0.1) is 0 Å². The number of thioether (sulfide) groups is 1. The first-order valence-electron chi connectivity index (χ1n) is 6.58. The number of carbonyl (C=O) groups is 1. The fourth-order valence-corrected chi connectivity index (χ4v) is 2.87. The fourth-order valence-electron chi connectivity index (χ4n) is 1.06. The second-order valence-corrected chi connectivity index (χ2v) is 11.7. The number of hydrogen-bond acceptors (Lipinski definition) is 4. The average molecular weight is 293 g/mol. The number of ether oxygens (including phenoxy) is 1. The van der Waals surface area contributed by atoms with E-state index >= 15 is 0 Å². The van der Waals surface area contributed by atoms with Crippen LogP contribution in [0.3, 0.4) is 0 Å². The summed E-state index contributed by atoms with van der Waals surface area (Å²) in [7, 11) is -1.60. The van der Waals surface area contributed by atoms with Gasteiger partial charge in [-0.25, -0.2) is 0 Å².